The second-order valence-electron chi connectivity index (χ2n) is 4.53. The SMILES string of the molecule is CS(=O)(=O)c1ccc(C=O)cc1.CS(=O)[O-].O=Cc1ccc(F)cc1.[Na+]. The molecule has 0 spiro atoms. The molecule has 0 amide bonds. The molecule has 0 radical (unpaired) electrons. The number of benzene rings is 2. The van der Waals surface area contributed by atoms with E-state index < -0.39 is 20.9 Å². The predicted octanol–water partition coefficient (Wildman–Crippen LogP) is -0.960. The first-order valence-corrected chi connectivity index (χ1v) is 9.94. The van der Waals surface area contributed by atoms with Crippen LogP contribution in [0.15, 0.2) is 53.4 Å². The third kappa shape index (κ3) is 13.0. The largest absolute Gasteiger partial charge is 1.00 e. The summed E-state index contributed by atoms with van der Waals surface area (Å²) < 4.78 is 52.0. The molecular formula is C16H16FNaO6S2. The van der Waals surface area contributed by atoms with E-state index in [1.165, 1.54) is 48.5 Å². The number of hydrogen-bond acceptors (Lipinski definition) is 6. The van der Waals surface area contributed by atoms with Crippen molar-refractivity contribution in [1.29, 1.82) is 0 Å². The van der Waals surface area contributed by atoms with Crippen LogP contribution in [0.2, 0.25) is 0 Å². The van der Waals surface area contributed by atoms with E-state index in [2.05, 4.69) is 0 Å². The van der Waals surface area contributed by atoms with Crippen LogP contribution in [-0.4, -0.2) is 42.3 Å². The van der Waals surface area contributed by atoms with Gasteiger partial charge in [0.25, 0.3) is 0 Å². The number of sulfone groups is 1. The number of aldehydes is 2. The monoisotopic (exact) mass is 410 g/mol. The molecule has 0 N–H and O–H groups in total. The summed E-state index contributed by atoms with van der Waals surface area (Å²) in [6, 6.07) is 11.2. The number of hydrogen-bond donors (Lipinski definition) is 0. The number of carbonyl (C=O) groups excluding carboxylic acids is 2. The van der Waals surface area contributed by atoms with E-state index >= 15 is 0 Å². The quantitative estimate of drug-likeness (QED) is 0.366. The number of carbonyl (C=O) groups is 2. The Bertz CT molecular complexity index is 802. The summed E-state index contributed by atoms with van der Waals surface area (Å²) in [6.45, 7) is 0. The van der Waals surface area contributed by atoms with Gasteiger partial charge in [-0.3, -0.25) is 13.8 Å². The van der Waals surface area contributed by atoms with E-state index in [4.69, 9.17) is 8.76 Å². The first-order chi connectivity index (χ1) is 11.6. The van der Waals surface area contributed by atoms with Crippen molar-refractivity contribution in [1.82, 2.24) is 0 Å². The normalized spacial score (nSPS) is 10.6. The molecule has 0 heterocycles. The average molecular weight is 410 g/mol. The minimum atomic E-state index is -3.14. The molecule has 26 heavy (non-hydrogen) atoms. The molecule has 2 aromatic carbocycles. The van der Waals surface area contributed by atoms with E-state index in [0.29, 0.717) is 23.7 Å². The van der Waals surface area contributed by atoms with Gasteiger partial charge < -0.3 is 4.55 Å². The summed E-state index contributed by atoms with van der Waals surface area (Å²) >= 11 is -1.86. The molecule has 1 atom stereocenters. The summed E-state index contributed by atoms with van der Waals surface area (Å²) in [6.07, 6.45) is 3.56. The van der Waals surface area contributed by atoms with Gasteiger partial charge in [0.1, 0.15) is 18.4 Å². The Balaban J connectivity index is 0. The van der Waals surface area contributed by atoms with Crippen molar-refractivity contribution in [3.05, 3.63) is 65.5 Å². The Labute approximate surface area is 176 Å². The fraction of sp³-hybridized carbons (Fsp3) is 0.125. The zero-order valence-electron chi connectivity index (χ0n) is 14.4. The fourth-order valence-electron chi connectivity index (χ4n) is 1.33. The minimum Gasteiger partial charge on any atom is -0.773 e. The molecule has 0 fully saturated rings. The summed E-state index contributed by atoms with van der Waals surface area (Å²) in [7, 11) is -3.14. The van der Waals surface area contributed by atoms with Crippen LogP contribution in [0, 0.1) is 5.82 Å². The molecule has 0 bridgehead atoms. The fourth-order valence-corrected chi connectivity index (χ4v) is 1.97. The molecule has 0 aliphatic carbocycles. The standard InChI is InChI=1S/C8H8O3S.C7H5FO.CH4O2S.Na/c1-12(10,11)8-4-2-7(6-9)3-5-8;8-7-3-1-6(5-9)2-4-7;1-4(2)3;/h2-6H,1H3;1-5H;1H3,(H,2,3);/q;;;+1/p-1. The molecule has 0 saturated carbocycles. The van der Waals surface area contributed by atoms with Gasteiger partial charge in [-0.1, -0.05) is 23.2 Å². The molecule has 0 aliphatic heterocycles. The van der Waals surface area contributed by atoms with Gasteiger partial charge >= 0.3 is 29.6 Å². The predicted molar refractivity (Wildman–Crippen MR) is 91.6 cm³/mol. The number of rotatable bonds is 3. The maximum Gasteiger partial charge on any atom is 1.00 e. The van der Waals surface area contributed by atoms with Gasteiger partial charge in [0.15, 0.2) is 9.84 Å². The maximum atomic E-state index is 12.1. The molecule has 0 aliphatic rings. The van der Waals surface area contributed by atoms with Crippen LogP contribution in [0.25, 0.3) is 0 Å². The van der Waals surface area contributed by atoms with Crippen LogP contribution >= 0.6 is 0 Å². The van der Waals surface area contributed by atoms with Crippen LogP contribution in [0.1, 0.15) is 20.7 Å². The van der Waals surface area contributed by atoms with Crippen molar-refractivity contribution in [2.75, 3.05) is 12.5 Å². The Kier molecular flexibility index (Phi) is 14.4. The van der Waals surface area contributed by atoms with E-state index in [1.807, 2.05) is 0 Å². The van der Waals surface area contributed by atoms with Crippen LogP contribution in [0.5, 0.6) is 0 Å². The van der Waals surface area contributed by atoms with Gasteiger partial charge in [-0.2, -0.15) is 0 Å². The molecular weight excluding hydrogens is 394 g/mol. The van der Waals surface area contributed by atoms with Gasteiger partial charge in [0.2, 0.25) is 0 Å². The van der Waals surface area contributed by atoms with Gasteiger partial charge in [-0.05, 0) is 42.7 Å². The first-order valence-electron chi connectivity index (χ1n) is 6.57. The first kappa shape index (κ1) is 27.0. The average Bonchev–Trinajstić information content (AvgIpc) is 2.55. The summed E-state index contributed by atoms with van der Waals surface area (Å²) in [5.41, 5.74) is 0.971. The Morgan fingerprint density at radius 1 is 0.923 bits per heavy atom. The Morgan fingerprint density at radius 3 is 1.50 bits per heavy atom. The van der Waals surface area contributed by atoms with Crippen LogP contribution in [0.3, 0.4) is 0 Å². The van der Waals surface area contributed by atoms with Gasteiger partial charge in [0.05, 0.1) is 4.90 Å². The van der Waals surface area contributed by atoms with Crippen molar-refractivity contribution in [3.8, 4) is 0 Å². The molecule has 1 unspecified atom stereocenters. The van der Waals surface area contributed by atoms with Crippen LogP contribution in [-0.2, 0) is 20.9 Å². The van der Waals surface area contributed by atoms with Crippen LogP contribution < -0.4 is 29.6 Å². The van der Waals surface area contributed by atoms with Gasteiger partial charge in [-0.15, -0.1) is 0 Å². The van der Waals surface area contributed by atoms with E-state index in [1.54, 1.807) is 0 Å². The summed E-state index contributed by atoms with van der Waals surface area (Å²) in [4.78, 5) is 20.4. The van der Waals surface area contributed by atoms with Crippen LogP contribution in [0.4, 0.5) is 4.39 Å². The molecule has 2 aromatic rings. The molecule has 0 aromatic heterocycles. The summed E-state index contributed by atoms with van der Waals surface area (Å²) in [5, 5.41) is 0. The zero-order chi connectivity index (χ0) is 19.5. The van der Waals surface area contributed by atoms with Crippen molar-refractivity contribution in [2.45, 2.75) is 4.90 Å². The Morgan fingerprint density at radius 2 is 1.23 bits per heavy atom. The number of halogens is 1. The van der Waals surface area contributed by atoms with E-state index in [9.17, 15) is 22.4 Å². The molecule has 2 rings (SSSR count). The minimum absolute atomic E-state index is 0. The molecule has 136 valence electrons. The Hall–Kier alpha value is -1.23. The van der Waals surface area contributed by atoms with E-state index in [0.717, 1.165) is 12.5 Å². The smallest absolute Gasteiger partial charge is 0.773 e. The molecule has 6 nitrogen and oxygen atoms in total. The topological polar surface area (TPSA) is 108 Å². The van der Waals surface area contributed by atoms with Gasteiger partial charge in [-0.25, -0.2) is 12.8 Å². The zero-order valence-corrected chi connectivity index (χ0v) is 18.1. The third-order valence-corrected chi connectivity index (χ3v) is 3.58. The summed E-state index contributed by atoms with van der Waals surface area (Å²) in [5.74, 6) is -0.319. The van der Waals surface area contributed by atoms with Crippen molar-refractivity contribution >= 4 is 33.5 Å². The van der Waals surface area contributed by atoms with E-state index in [-0.39, 0.29) is 40.3 Å². The second-order valence-corrected chi connectivity index (χ2v) is 7.35. The molecule has 10 heteroatoms. The van der Waals surface area contributed by atoms with Crippen molar-refractivity contribution in [2.24, 2.45) is 0 Å². The van der Waals surface area contributed by atoms with Crippen molar-refractivity contribution < 1.29 is 60.7 Å². The second kappa shape index (κ2) is 13.9. The van der Waals surface area contributed by atoms with Gasteiger partial charge in [0, 0.05) is 17.4 Å². The maximum absolute atomic E-state index is 12.1. The van der Waals surface area contributed by atoms with Crippen molar-refractivity contribution in [3.63, 3.8) is 0 Å². The molecule has 0 saturated heterocycles. The third-order valence-electron chi connectivity index (χ3n) is 2.45.